The van der Waals surface area contributed by atoms with Crippen LogP contribution in [0, 0.1) is 5.41 Å². The number of rotatable bonds is 4. The second-order valence-electron chi connectivity index (χ2n) is 10.3. The molecule has 0 bridgehead atoms. The minimum atomic E-state index is -0.728. The van der Waals surface area contributed by atoms with Gasteiger partial charge in [-0.3, -0.25) is 15.1 Å². The van der Waals surface area contributed by atoms with Gasteiger partial charge >= 0.3 is 0 Å². The highest BCUT2D eigenvalue weighted by molar-refractivity contribution is 6.01. The Morgan fingerprint density at radius 1 is 0.941 bits per heavy atom. The highest BCUT2D eigenvalue weighted by Gasteiger charge is 2.42. The fraction of sp³-hybridized carbons (Fsp3) is 0.500. The number of benzene rings is 2. The molecule has 3 atom stereocenters. The molecule has 2 aliphatic heterocycles. The van der Waals surface area contributed by atoms with Crippen LogP contribution in [-0.4, -0.2) is 40.8 Å². The fourth-order valence-corrected chi connectivity index (χ4v) is 6.41. The number of likely N-dealkylation sites (tertiary alicyclic amines) is 1. The van der Waals surface area contributed by atoms with Crippen LogP contribution in [-0.2, 0) is 4.79 Å². The van der Waals surface area contributed by atoms with Gasteiger partial charge in [-0.25, -0.2) is 0 Å². The maximum absolute atomic E-state index is 13.9. The van der Waals surface area contributed by atoms with Gasteiger partial charge in [0.05, 0.1) is 5.69 Å². The standard InChI is InChI=1S/C28H36N4O2/c1-18-7-5-8-19(2)31(18)22-13-15-23(16-14-22)32-24-11-3-4-12-25(24)34-26(28(32)33)20-9-6-10-21(17-20)27(29)30/h3-4,6,9-12,17-19,22-23,26H,5,7-8,13-16H2,1-2H3,(H3,29,30)/t18-,19+,22?,23?,26?. The second-order valence-corrected chi connectivity index (χ2v) is 10.3. The van der Waals surface area contributed by atoms with E-state index < -0.39 is 6.10 Å². The van der Waals surface area contributed by atoms with Crippen LogP contribution in [0.3, 0.4) is 0 Å². The van der Waals surface area contributed by atoms with Crippen molar-refractivity contribution in [2.24, 2.45) is 5.73 Å². The second kappa shape index (κ2) is 9.41. The summed E-state index contributed by atoms with van der Waals surface area (Å²) in [6.07, 6.45) is 7.43. The highest BCUT2D eigenvalue weighted by atomic mass is 16.5. The first-order valence-electron chi connectivity index (χ1n) is 12.7. The summed E-state index contributed by atoms with van der Waals surface area (Å²) in [5.41, 5.74) is 7.91. The fourth-order valence-electron chi connectivity index (χ4n) is 6.41. The summed E-state index contributed by atoms with van der Waals surface area (Å²) in [6.45, 7) is 4.76. The molecule has 2 fully saturated rings. The molecule has 2 aromatic carbocycles. The van der Waals surface area contributed by atoms with Crippen LogP contribution in [0.4, 0.5) is 5.69 Å². The van der Waals surface area contributed by atoms with E-state index in [1.54, 1.807) is 12.1 Å². The largest absolute Gasteiger partial charge is 0.474 e. The quantitative estimate of drug-likeness (QED) is 0.496. The van der Waals surface area contributed by atoms with Gasteiger partial charge in [-0.05, 0) is 70.6 Å². The minimum absolute atomic E-state index is 0.0122. The number of fused-ring (bicyclic) bond motifs is 1. The molecule has 3 aliphatic rings. The summed E-state index contributed by atoms with van der Waals surface area (Å²) < 4.78 is 6.22. The molecule has 0 spiro atoms. The third kappa shape index (κ3) is 4.20. The first-order valence-corrected chi connectivity index (χ1v) is 12.7. The van der Waals surface area contributed by atoms with Crippen molar-refractivity contribution in [1.29, 1.82) is 5.41 Å². The number of ether oxygens (including phenoxy) is 1. The number of carbonyl (C=O) groups is 1. The molecule has 0 radical (unpaired) electrons. The van der Waals surface area contributed by atoms with Crippen molar-refractivity contribution >= 4 is 17.4 Å². The molecule has 1 saturated carbocycles. The first kappa shape index (κ1) is 22.9. The van der Waals surface area contributed by atoms with Crippen molar-refractivity contribution in [3.63, 3.8) is 0 Å². The van der Waals surface area contributed by atoms with Gasteiger partial charge in [0.2, 0.25) is 6.10 Å². The van der Waals surface area contributed by atoms with E-state index in [1.807, 2.05) is 41.3 Å². The molecule has 1 unspecified atom stereocenters. The maximum atomic E-state index is 13.9. The van der Waals surface area contributed by atoms with Gasteiger partial charge in [0.1, 0.15) is 11.6 Å². The van der Waals surface area contributed by atoms with Gasteiger partial charge in [0.25, 0.3) is 5.91 Å². The average molecular weight is 461 g/mol. The molecule has 180 valence electrons. The number of nitrogen functional groups attached to an aromatic ring is 1. The average Bonchev–Trinajstić information content (AvgIpc) is 2.84. The predicted octanol–water partition coefficient (Wildman–Crippen LogP) is 5.01. The maximum Gasteiger partial charge on any atom is 0.273 e. The van der Waals surface area contributed by atoms with Crippen molar-refractivity contribution in [2.45, 2.75) is 89.1 Å². The SMILES string of the molecule is C[C@@H]1CCC[C@H](C)N1C1CCC(N2C(=O)C(c3cccc(C(=N)N)c3)Oc3ccccc32)CC1. The first-order chi connectivity index (χ1) is 16.4. The molecular weight excluding hydrogens is 424 g/mol. The molecule has 5 rings (SSSR count). The van der Waals surface area contributed by atoms with Crippen molar-refractivity contribution < 1.29 is 9.53 Å². The number of amidine groups is 1. The molecule has 6 nitrogen and oxygen atoms in total. The smallest absolute Gasteiger partial charge is 0.273 e. The molecule has 1 aliphatic carbocycles. The number of nitrogens with two attached hydrogens (primary N) is 1. The number of amides is 1. The van der Waals surface area contributed by atoms with E-state index in [4.69, 9.17) is 15.9 Å². The molecule has 34 heavy (non-hydrogen) atoms. The normalized spacial score (nSPS) is 29.9. The molecule has 3 N–H and O–H groups in total. The van der Waals surface area contributed by atoms with Gasteiger partial charge < -0.3 is 15.4 Å². The lowest BCUT2D eigenvalue weighted by atomic mass is 9.84. The lowest BCUT2D eigenvalue weighted by Gasteiger charge is -2.48. The number of nitrogens with one attached hydrogen (secondary N) is 1. The van der Waals surface area contributed by atoms with Crippen LogP contribution in [0.1, 0.15) is 76.0 Å². The van der Waals surface area contributed by atoms with Crippen molar-refractivity contribution in [3.8, 4) is 5.75 Å². The summed E-state index contributed by atoms with van der Waals surface area (Å²) in [4.78, 5) is 18.6. The van der Waals surface area contributed by atoms with Crippen LogP contribution in [0.5, 0.6) is 5.75 Å². The zero-order chi connectivity index (χ0) is 23.8. The molecule has 1 amide bonds. The third-order valence-electron chi connectivity index (χ3n) is 8.05. The van der Waals surface area contributed by atoms with Gasteiger partial charge in [-0.15, -0.1) is 0 Å². The summed E-state index contributed by atoms with van der Waals surface area (Å²) in [5.74, 6) is 0.699. The number of hydrogen-bond donors (Lipinski definition) is 2. The van der Waals surface area contributed by atoms with E-state index in [0.717, 1.165) is 42.7 Å². The molecule has 2 aromatic rings. The topological polar surface area (TPSA) is 82.7 Å². The Bertz CT molecular complexity index is 1050. The summed E-state index contributed by atoms with van der Waals surface area (Å²) >= 11 is 0. The van der Waals surface area contributed by atoms with E-state index in [9.17, 15) is 4.79 Å². The van der Waals surface area contributed by atoms with Crippen LogP contribution in [0.2, 0.25) is 0 Å². The predicted molar refractivity (Wildman–Crippen MR) is 135 cm³/mol. The Kier molecular flexibility index (Phi) is 6.34. The van der Waals surface area contributed by atoms with E-state index >= 15 is 0 Å². The van der Waals surface area contributed by atoms with Crippen molar-refractivity contribution in [1.82, 2.24) is 4.90 Å². The van der Waals surface area contributed by atoms with Crippen LogP contribution >= 0.6 is 0 Å². The lowest BCUT2D eigenvalue weighted by Crippen LogP contribution is -2.54. The zero-order valence-corrected chi connectivity index (χ0v) is 20.2. The number of hydrogen-bond acceptors (Lipinski definition) is 4. The lowest BCUT2D eigenvalue weighted by molar-refractivity contribution is -0.127. The number of piperidine rings is 1. The number of carbonyl (C=O) groups excluding carboxylic acids is 1. The van der Waals surface area contributed by atoms with Crippen LogP contribution < -0.4 is 15.4 Å². The Hall–Kier alpha value is -2.86. The van der Waals surface area contributed by atoms with Gasteiger partial charge in [-0.2, -0.15) is 0 Å². The van der Waals surface area contributed by atoms with E-state index in [-0.39, 0.29) is 17.8 Å². The minimum Gasteiger partial charge on any atom is -0.474 e. The summed E-state index contributed by atoms with van der Waals surface area (Å²) in [6, 6.07) is 17.2. The molecule has 2 heterocycles. The van der Waals surface area contributed by atoms with Crippen LogP contribution in [0.25, 0.3) is 0 Å². The van der Waals surface area contributed by atoms with Crippen molar-refractivity contribution in [3.05, 3.63) is 59.7 Å². The van der Waals surface area contributed by atoms with Gasteiger partial charge in [0, 0.05) is 35.3 Å². The Morgan fingerprint density at radius 3 is 2.32 bits per heavy atom. The van der Waals surface area contributed by atoms with Gasteiger partial charge in [-0.1, -0.05) is 36.8 Å². The zero-order valence-electron chi connectivity index (χ0n) is 20.2. The Morgan fingerprint density at radius 2 is 1.62 bits per heavy atom. The Labute approximate surface area is 202 Å². The molecule has 6 heteroatoms. The highest BCUT2D eigenvalue weighted by Crippen LogP contribution is 2.43. The monoisotopic (exact) mass is 460 g/mol. The molecule has 0 aromatic heterocycles. The molecular formula is C28H36N4O2. The summed E-state index contributed by atoms with van der Waals surface area (Å²) in [7, 11) is 0. The van der Waals surface area contributed by atoms with E-state index in [2.05, 4.69) is 18.7 Å². The summed E-state index contributed by atoms with van der Waals surface area (Å²) in [5, 5.41) is 7.78. The molecule has 1 saturated heterocycles. The van der Waals surface area contributed by atoms with E-state index in [1.165, 1.54) is 19.3 Å². The van der Waals surface area contributed by atoms with Crippen LogP contribution in [0.15, 0.2) is 48.5 Å². The third-order valence-corrected chi connectivity index (χ3v) is 8.05. The van der Waals surface area contributed by atoms with Crippen molar-refractivity contribution in [2.75, 3.05) is 4.90 Å². The number of nitrogens with zero attached hydrogens (tertiary/aromatic N) is 2. The van der Waals surface area contributed by atoms with Gasteiger partial charge in [0.15, 0.2) is 0 Å². The Balaban J connectivity index is 1.39. The van der Waals surface area contributed by atoms with E-state index in [0.29, 0.717) is 23.7 Å². The number of para-hydroxylation sites is 2. The number of anilines is 1.